The van der Waals surface area contributed by atoms with Crippen LogP contribution in [-0.2, 0) is 0 Å². The van der Waals surface area contributed by atoms with Crippen molar-refractivity contribution in [1.29, 1.82) is 5.26 Å². The second-order valence-electron chi connectivity index (χ2n) is 3.69. The van der Waals surface area contributed by atoms with Crippen LogP contribution in [0.25, 0.3) is 0 Å². The average Bonchev–Trinajstić information content (AvgIpc) is 2.41. The van der Waals surface area contributed by atoms with E-state index in [2.05, 4.69) is 22.0 Å². The monoisotopic (exact) mass is 333 g/mol. The summed E-state index contributed by atoms with van der Waals surface area (Å²) in [7, 11) is 0. The van der Waals surface area contributed by atoms with Crippen LogP contribution in [0.4, 0.5) is 0 Å². The first-order chi connectivity index (χ1) is 9.10. The number of carboxylic acid groups (broad SMARTS) is 1. The number of halogens is 1. The largest absolute Gasteiger partial charge is 0.478 e. The molecule has 94 valence electrons. The Balaban J connectivity index is 2.23. The molecule has 0 aliphatic carbocycles. The van der Waals surface area contributed by atoms with Crippen LogP contribution in [0, 0.1) is 11.3 Å². The number of carbonyl (C=O) groups is 1. The fourth-order valence-electron chi connectivity index (χ4n) is 1.44. The molecule has 5 heteroatoms. The number of benzene rings is 2. The maximum Gasteiger partial charge on any atom is 0.335 e. The Morgan fingerprint density at radius 3 is 2.42 bits per heavy atom. The van der Waals surface area contributed by atoms with Crippen LogP contribution in [0.5, 0.6) is 0 Å². The molecule has 2 aromatic carbocycles. The smallest absolute Gasteiger partial charge is 0.335 e. The second-order valence-corrected chi connectivity index (χ2v) is 5.66. The molecule has 0 fully saturated rings. The van der Waals surface area contributed by atoms with Crippen LogP contribution >= 0.6 is 27.7 Å². The Morgan fingerprint density at radius 2 is 1.89 bits per heavy atom. The van der Waals surface area contributed by atoms with Gasteiger partial charge in [-0.15, -0.1) is 0 Å². The van der Waals surface area contributed by atoms with Gasteiger partial charge in [-0.25, -0.2) is 4.79 Å². The van der Waals surface area contributed by atoms with Gasteiger partial charge in [0.1, 0.15) is 0 Å². The van der Waals surface area contributed by atoms with Gasteiger partial charge >= 0.3 is 5.97 Å². The predicted molar refractivity (Wildman–Crippen MR) is 76.4 cm³/mol. The van der Waals surface area contributed by atoms with Crippen molar-refractivity contribution in [1.82, 2.24) is 0 Å². The Morgan fingerprint density at radius 1 is 1.21 bits per heavy atom. The minimum Gasteiger partial charge on any atom is -0.478 e. The van der Waals surface area contributed by atoms with Crippen molar-refractivity contribution in [3.8, 4) is 6.07 Å². The molecule has 0 saturated heterocycles. The summed E-state index contributed by atoms with van der Waals surface area (Å²) in [5.74, 6) is -0.948. The summed E-state index contributed by atoms with van der Waals surface area (Å²) in [6.07, 6.45) is 0. The summed E-state index contributed by atoms with van der Waals surface area (Å²) in [5, 5.41) is 17.6. The molecule has 0 bridgehead atoms. The van der Waals surface area contributed by atoms with E-state index in [4.69, 9.17) is 10.4 Å². The van der Waals surface area contributed by atoms with Gasteiger partial charge in [0.25, 0.3) is 0 Å². The lowest BCUT2D eigenvalue weighted by molar-refractivity contribution is 0.0696. The first-order valence-corrected chi connectivity index (χ1v) is 6.92. The van der Waals surface area contributed by atoms with Gasteiger partial charge < -0.3 is 5.11 Å². The molecule has 3 nitrogen and oxygen atoms in total. The summed E-state index contributed by atoms with van der Waals surface area (Å²) in [5.41, 5.74) is 0.862. The highest BCUT2D eigenvalue weighted by Gasteiger charge is 2.08. The van der Waals surface area contributed by atoms with E-state index in [1.54, 1.807) is 30.3 Å². The van der Waals surface area contributed by atoms with Crippen LogP contribution in [0.15, 0.2) is 56.7 Å². The van der Waals surface area contributed by atoms with Crippen molar-refractivity contribution in [3.63, 3.8) is 0 Å². The third kappa shape index (κ3) is 3.37. The number of aromatic carboxylic acids is 1. The van der Waals surface area contributed by atoms with Gasteiger partial charge in [0.05, 0.1) is 17.2 Å². The van der Waals surface area contributed by atoms with E-state index < -0.39 is 5.97 Å². The minimum absolute atomic E-state index is 0.246. The molecule has 19 heavy (non-hydrogen) atoms. The lowest BCUT2D eigenvalue weighted by atomic mass is 10.2. The summed E-state index contributed by atoms with van der Waals surface area (Å²) in [6.45, 7) is 0. The second kappa shape index (κ2) is 5.91. The molecule has 0 unspecified atom stereocenters. The van der Waals surface area contributed by atoms with E-state index >= 15 is 0 Å². The van der Waals surface area contributed by atoms with Crippen LogP contribution < -0.4 is 0 Å². The highest BCUT2D eigenvalue weighted by Crippen LogP contribution is 2.34. The molecule has 1 N–H and O–H groups in total. The zero-order chi connectivity index (χ0) is 13.8. The maximum atomic E-state index is 10.8. The van der Waals surface area contributed by atoms with Gasteiger partial charge in [-0.1, -0.05) is 11.8 Å². The lowest BCUT2D eigenvalue weighted by Crippen LogP contribution is -1.95. The maximum absolute atomic E-state index is 10.8. The van der Waals surface area contributed by atoms with Gasteiger partial charge in [0, 0.05) is 14.3 Å². The van der Waals surface area contributed by atoms with Crippen LogP contribution in [0.1, 0.15) is 15.9 Å². The highest BCUT2D eigenvalue weighted by molar-refractivity contribution is 9.10. The van der Waals surface area contributed by atoms with Gasteiger partial charge in [-0.2, -0.15) is 5.26 Å². The van der Waals surface area contributed by atoms with Crippen molar-refractivity contribution < 1.29 is 9.90 Å². The Bertz CT molecular complexity index is 662. The molecule has 0 amide bonds. The molecule has 0 aliphatic heterocycles. The molecule has 0 aliphatic rings. The summed E-state index contributed by atoms with van der Waals surface area (Å²) >= 11 is 4.87. The van der Waals surface area contributed by atoms with Crippen molar-refractivity contribution in [2.45, 2.75) is 9.79 Å². The number of hydrogen-bond donors (Lipinski definition) is 1. The van der Waals surface area contributed by atoms with Crippen molar-refractivity contribution in [2.75, 3.05) is 0 Å². The van der Waals surface area contributed by atoms with E-state index in [0.717, 1.165) is 14.3 Å². The molecule has 2 rings (SSSR count). The summed E-state index contributed by atoms with van der Waals surface area (Å²) in [6, 6.07) is 14.2. The molecule has 0 saturated carbocycles. The van der Waals surface area contributed by atoms with E-state index in [1.807, 2.05) is 12.1 Å². The molecule has 0 heterocycles. The Kier molecular flexibility index (Phi) is 4.25. The Hall–Kier alpha value is -1.77. The first kappa shape index (κ1) is 13.7. The molecule has 0 radical (unpaired) electrons. The van der Waals surface area contributed by atoms with Gasteiger partial charge in [0.2, 0.25) is 0 Å². The Labute approximate surface area is 123 Å². The minimum atomic E-state index is -0.948. The van der Waals surface area contributed by atoms with Crippen molar-refractivity contribution in [3.05, 3.63) is 58.1 Å². The van der Waals surface area contributed by atoms with Crippen LogP contribution in [0.3, 0.4) is 0 Å². The lowest BCUT2D eigenvalue weighted by Gasteiger charge is -2.05. The zero-order valence-electron chi connectivity index (χ0n) is 9.63. The van der Waals surface area contributed by atoms with Gasteiger partial charge in [-0.3, -0.25) is 0 Å². The van der Waals surface area contributed by atoms with E-state index in [1.165, 1.54) is 11.8 Å². The molecule has 0 aromatic heterocycles. The number of carboxylic acids is 1. The van der Waals surface area contributed by atoms with E-state index in [0.29, 0.717) is 5.56 Å². The number of hydrogen-bond acceptors (Lipinski definition) is 3. The SMILES string of the molecule is N#Cc1ccc(Sc2ccc(C(=O)O)cc2Br)cc1. The predicted octanol–water partition coefficient (Wildman–Crippen LogP) is 4.17. The molecular formula is C14H8BrNO2S. The summed E-state index contributed by atoms with van der Waals surface area (Å²) < 4.78 is 0.738. The molecule has 0 atom stereocenters. The van der Waals surface area contributed by atoms with Gasteiger partial charge in [0.15, 0.2) is 0 Å². The van der Waals surface area contributed by atoms with Crippen molar-refractivity contribution >= 4 is 33.7 Å². The van der Waals surface area contributed by atoms with E-state index in [-0.39, 0.29) is 5.56 Å². The topological polar surface area (TPSA) is 61.1 Å². The number of rotatable bonds is 3. The number of nitriles is 1. The summed E-state index contributed by atoms with van der Waals surface area (Å²) in [4.78, 5) is 12.7. The third-order valence-corrected chi connectivity index (χ3v) is 4.39. The molecule has 0 spiro atoms. The van der Waals surface area contributed by atoms with E-state index in [9.17, 15) is 4.79 Å². The first-order valence-electron chi connectivity index (χ1n) is 5.31. The van der Waals surface area contributed by atoms with Crippen LogP contribution in [-0.4, -0.2) is 11.1 Å². The fraction of sp³-hybridized carbons (Fsp3) is 0. The number of nitrogens with zero attached hydrogens (tertiary/aromatic N) is 1. The highest BCUT2D eigenvalue weighted by atomic mass is 79.9. The van der Waals surface area contributed by atoms with Crippen molar-refractivity contribution in [2.24, 2.45) is 0 Å². The fourth-order valence-corrected chi connectivity index (χ4v) is 2.88. The zero-order valence-corrected chi connectivity index (χ0v) is 12.0. The average molecular weight is 334 g/mol. The molecular weight excluding hydrogens is 326 g/mol. The normalized spacial score (nSPS) is 9.89. The third-order valence-electron chi connectivity index (χ3n) is 2.39. The molecule has 2 aromatic rings. The van der Waals surface area contributed by atoms with Gasteiger partial charge in [-0.05, 0) is 58.4 Å². The van der Waals surface area contributed by atoms with Crippen LogP contribution in [0.2, 0.25) is 0 Å². The standard InChI is InChI=1S/C14H8BrNO2S/c15-12-7-10(14(17)18)3-6-13(12)19-11-4-1-9(8-16)2-5-11/h1-7H,(H,17,18). The quantitative estimate of drug-likeness (QED) is 0.915.